The van der Waals surface area contributed by atoms with Gasteiger partial charge in [0, 0.05) is 12.1 Å². The SMILES string of the molecule is CC(C)C1(O)CN(C(=O)c2ccc3c(c2)CNCC3)C1. The predicted octanol–water partition coefficient (Wildman–Crippen LogP) is 1.18. The highest BCUT2D eigenvalue weighted by Crippen LogP contribution is 2.30. The van der Waals surface area contributed by atoms with E-state index < -0.39 is 5.60 Å². The lowest BCUT2D eigenvalue weighted by atomic mass is 9.82. The molecule has 0 radical (unpaired) electrons. The maximum atomic E-state index is 12.4. The van der Waals surface area contributed by atoms with E-state index >= 15 is 0 Å². The molecule has 0 atom stereocenters. The number of rotatable bonds is 2. The molecule has 0 aromatic heterocycles. The summed E-state index contributed by atoms with van der Waals surface area (Å²) in [5.74, 6) is 0.211. The van der Waals surface area contributed by atoms with Crippen LogP contribution in [0.3, 0.4) is 0 Å². The molecule has 108 valence electrons. The van der Waals surface area contributed by atoms with Gasteiger partial charge < -0.3 is 15.3 Å². The van der Waals surface area contributed by atoms with Crippen LogP contribution in [0.1, 0.15) is 35.3 Å². The van der Waals surface area contributed by atoms with Crippen molar-refractivity contribution in [1.29, 1.82) is 0 Å². The average molecular weight is 274 g/mol. The van der Waals surface area contributed by atoms with E-state index in [4.69, 9.17) is 0 Å². The Bertz CT molecular complexity index is 533. The van der Waals surface area contributed by atoms with Crippen molar-refractivity contribution in [2.45, 2.75) is 32.4 Å². The van der Waals surface area contributed by atoms with E-state index in [9.17, 15) is 9.90 Å². The van der Waals surface area contributed by atoms with Crippen molar-refractivity contribution in [2.75, 3.05) is 19.6 Å². The Balaban J connectivity index is 1.73. The molecular formula is C16H22N2O2. The first-order chi connectivity index (χ1) is 9.49. The minimum absolute atomic E-state index is 0.0312. The number of carbonyl (C=O) groups excluding carboxylic acids is 1. The number of benzene rings is 1. The molecule has 1 fully saturated rings. The molecule has 2 aliphatic heterocycles. The van der Waals surface area contributed by atoms with Crippen molar-refractivity contribution in [3.63, 3.8) is 0 Å². The third-order valence-corrected chi connectivity index (χ3v) is 4.63. The van der Waals surface area contributed by atoms with Crippen molar-refractivity contribution >= 4 is 5.91 Å². The molecular weight excluding hydrogens is 252 g/mol. The lowest BCUT2D eigenvalue weighted by Gasteiger charge is -2.49. The summed E-state index contributed by atoms with van der Waals surface area (Å²) < 4.78 is 0. The van der Waals surface area contributed by atoms with Gasteiger partial charge in [0.25, 0.3) is 5.91 Å². The zero-order valence-corrected chi connectivity index (χ0v) is 12.1. The first kappa shape index (κ1) is 13.6. The van der Waals surface area contributed by atoms with Crippen LogP contribution in [0.25, 0.3) is 0 Å². The Hall–Kier alpha value is -1.39. The molecule has 0 spiro atoms. The van der Waals surface area contributed by atoms with Gasteiger partial charge in [-0.2, -0.15) is 0 Å². The molecule has 1 saturated heterocycles. The van der Waals surface area contributed by atoms with E-state index in [2.05, 4.69) is 11.4 Å². The molecule has 0 bridgehead atoms. The molecule has 2 aliphatic rings. The van der Waals surface area contributed by atoms with Gasteiger partial charge in [0.15, 0.2) is 0 Å². The minimum atomic E-state index is -0.703. The second-order valence-electron chi connectivity index (χ2n) is 6.33. The molecule has 1 aromatic carbocycles. The van der Waals surface area contributed by atoms with Crippen LogP contribution < -0.4 is 5.32 Å². The minimum Gasteiger partial charge on any atom is -0.386 e. The first-order valence-electron chi connectivity index (χ1n) is 7.34. The molecule has 1 aromatic rings. The number of hydrogen-bond acceptors (Lipinski definition) is 3. The number of β-amino-alcohol motifs (C(OH)–C–C–N with tert-alkyl or cyclic N) is 1. The summed E-state index contributed by atoms with van der Waals surface area (Å²) in [5.41, 5.74) is 2.59. The number of aliphatic hydroxyl groups is 1. The maximum absolute atomic E-state index is 12.4. The molecule has 1 amide bonds. The van der Waals surface area contributed by atoms with E-state index in [0.29, 0.717) is 13.1 Å². The maximum Gasteiger partial charge on any atom is 0.254 e. The fourth-order valence-electron chi connectivity index (χ4n) is 2.92. The van der Waals surface area contributed by atoms with Crippen molar-refractivity contribution in [3.8, 4) is 0 Å². The quantitative estimate of drug-likeness (QED) is 0.851. The first-order valence-corrected chi connectivity index (χ1v) is 7.34. The predicted molar refractivity (Wildman–Crippen MR) is 77.5 cm³/mol. The molecule has 2 N–H and O–H groups in total. The van der Waals surface area contributed by atoms with Crippen molar-refractivity contribution in [1.82, 2.24) is 10.2 Å². The monoisotopic (exact) mass is 274 g/mol. The second-order valence-corrected chi connectivity index (χ2v) is 6.33. The van der Waals surface area contributed by atoms with Gasteiger partial charge in [-0.05, 0) is 42.1 Å². The van der Waals surface area contributed by atoms with E-state index in [-0.39, 0.29) is 11.8 Å². The van der Waals surface area contributed by atoms with Gasteiger partial charge in [0.05, 0.1) is 13.1 Å². The summed E-state index contributed by atoms with van der Waals surface area (Å²) >= 11 is 0. The van der Waals surface area contributed by atoms with Crippen LogP contribution in [0.2, 0.25) is 0 Å². The van der Waals surface area contributed by atoms with Crippen LogP contribution in [-0.4, -0.2) is 41.1 Å². The number of fused-ring (bicyclic) bond motifs is 1. The van der Waals surface area contributed by atoms with Crippen LogP contribution in [0.5, 0.6) is 0 Å². The number of amides is 1. The Morgan fingerprint density at radius 1 is 1.35 bits per heavy atom. The summed E-state index contributed by atoms with van der Waals surface area (Å²) in [6.07, 6.45) is 1.03. The van der Waals surface area contributed by atoms with Crippen molar-refractivity contribution < 1.29 is 9.90 Å². The van der Waals surface area contributed by atoms with Gasteiger partial charge in [-0.15, -0.1) is 0 Å². The highest BCUT2D eigenvalue weighted by molar-refractivity contribution is 5.95. The van der Waals surface area contributed by atoms with Crippen molar-refractivity contribution in [2.24, 2.45) is 5.92 Å². The standard InChI is InChI=1S/C16H22N2O2/c1-11(2)16(20)9-18(10-16)15(19)13-4-3-12-5-6-17-8-14(12)7-13/h3-4,7,11,17,20H,5-6,8-10H2,1-2H3. The third-order valence-electron chi connectivity index (χ3n) is 4.63. The van der Waals surface area contributed by atoms with E-state index in [1.165, 1.54) is 11.1 Å². The van der Waals surface area contributed by atoms with E-state index in [1.807, 2.05) is 26.0 Å². The Morgan fingerprint density at radius 3 is 2.80 bits per heavy atom. The number of hydrogen-bond donors (Lipinski definition) is 2. The molecule has 0 saturated carbocycles. The second kappa shape index (κ2) is 4.86. The Labute approximate surface area is 119 Å². The topological polar surface area (TPSA) is 52.6 Å². The number of nitrogens with one attached hydrogen (secondary N) is 1. The lowest BCUT2D eigenvalue weighted by Crippen LogP contribution is -2.65. The Kier molecular flexibility index (Phi) is 3.30. The zero-order valence-electron chi connectivity index (χ0n) is 12.1. The highest BCUT2D eigenvalue weighted by atomic mass is 16.3. The lowest BCUT2D eigenvalue weighted by molar-refractivity contribution is -0.110. The van der Waals surface area contributed by atoms with Crippen LogP contribution in [0.15, 0.2) is 18.2 Å². The normalized spacial score (nSPS) is 20.5. The Morgan fingerprint density at radius 2 is 2.10 bits per heavy atom. The highest BCUT2D eigenvalue weighted by Gasteiger charge is 2.45. The van der Waals surface area contributed by atoms with Gasteiger partial charge in [0.1, 0.15) is 5.60 Å². The summed E-state index contributed by atoms with van der Waals surface area (Å²) in [7, 11) is 0. The van der Waals surface area contributed by atoms with Crippen molar-refractivity contribution in [3.05, 3.63) is 34.9 Å². The van der Waals surface area contributed by atoms with Gasteiger partial charge in [-0.1, -0.05) is 19.9 Å². The fourth-order valence-corrected chi connectivity index (χ4v) is 2.92. The molecule has 0 aliphatic carbocycles. The summed E-state index contributed by atoms with van der Waals surface area (Å²) in [5, 5.41) is 13.6. The van der Waals surface area contributed by atoms with Gasteiger partial charge >= 0.3 is 0 Å². The number of likely N-dealkylation sites (tertiary alicyclic amines) is 1. The zero-order chi connectivity index (χ0) is 14.3. The number of nitrogens with zero attached hydrogens (tertiary/aromatic N) is 1. The van der Waals surface area contributed by atoms with E-state index in [0.717, 1.165) is 25.1 Å². The summed E-state index contributed by atoms with van der Waals surface area (Å²) in [6.45, 7) is 6.72. The molecule has 2 heterocycles. The van der Waals surface area contributed by atoms with Crippen LogP contribution >= 0.6 is 0 Å². The third kappa shape index (κ3) is 2.23. The molecule has 20 heavy (non-hydrogen) atoms. The van der Waals surface area contributed by atoms with Crippen LogP contribution in [0, 0.1) is 5.92 Å². The smallest absolute Gasteiger partial charge is 0.254 e. The van der Waals surface area contributed by atoms with Gasteiger partial charge in [0.2, 0.25) is 0 Å². The number of carbonyl (C=O) groups is 1. The average Bonchev–Trinajstić information content (AvgIpc) is 2.42. The largest absolute Gasteiger partial charge is 0.386 e. The molecule has 3 rings (SSSR count). The van der Waals surface area contributed by atoms with E-state index in [1.54, 1.807) is 4.90 Å². The van der Waals surface area contributed by atoms with Gasteiger partial charge in [-0.3, -0.25) is 4.79 Å². The van der Waals surface area contributed by atoms with Crippen LogP contribution in [-0.2, 0) is 13.0 Å². The summed E-state index contributed by atoms with van der Waals surface area (Å²) in [6, 6.07) is 5.98. The molecule has 0 unspecified atom stereocenters. The van der Waals surface area contributed by atoms with Gasteiger partial charge in [-0.25, -0.2) is 0 Å². The molecule has 4 heteroatoms. The fraction of sp³-hybridized carbons (Fsp3) is 0.562. The molecule has 4 nitrogen and oxygen atoms in total. The summed E-state index contributed by atoms with van der Waals surface area (Å²) in [4.78, 5) is 14.2. The van der Waals surface area contributed by atoms with Crippen LogP contribution in [0.4, 0.5) is 0 Å².